The highest BCUT2D eigenvalue weighted by atomic mass is 79.9. The lowest BCUT2D eigenvalue weighted by Crippen LogP contribution is -2.29. The van der Waals surface area contributed by atoms with E-state index in [4.69, 9.17) is 0 Å². The van der Waals surface area contributed by atoms with Gasteiger partial charge in [-0.05, 0) is 23.9 Å². The minimum Gasteiger partial charge on any atom is -0.373 e. The van der Waals surface area contributed by atoms with Crippen molar-refractivity contribution in [3.05, 3.63) is 40.9 Å². The van der Waals surface area contributed by atoms with E-state index in [0.717, 1.165) is 33.9 Å². The van der Waals surface area contributed by atoms with Crippen molar-refractivity contribution in [1.29, 1.82) is 0 Å². The summed E-state index contributed by atoms with van der Waals surface area (Å²) in [5.74, 6) is 0.0852. The molecule has 0 aromatic heterocycles. The highest BCUT2D eigenvalue weighted by molar-refractivity contribution is 9.10. The Morgan fingerprint density at radius 3 is 2.67 bits per heavy atom. The SMILES string of the molecule is O=C1NCC[C@H]1Nc1ccc(Br)c2ccccc12. The van der Waals surface area contributed by atoms with Gasteiger partial charge < -0.3 is 10.6 Å². The number of carbonyl (C=O) groups is 1. The van der Waals surface area contributed by atoms with E-state index in [2.05, 4.69) is 38.7 Å². The number of rotatable bonds is 2. The normalized spacial score (nSPS) is 18.9. The Hall–Kier alpha value is -1.55. The van der Waals surface area contributed by atoms with Crippen LogP contribution in [0.2, 0.25) is 0 Å². The number of halogens is 1. The highest BCUT2D eigenvalue weighted by Crippen LogP contribution is 2.30. The molecular formula is C14H13BrN2O. The fraction of sp³-hybridized carbons (Fsp3) is 0.214. The van der Waals surface area contributed by atoms with Crippen molar-refractivity contribution in [2.45, 2.75) is 12.5 Å². The maximum absolute atomic E-state index is 11.6. The summed E-state index contributed by atoms with van der Waals surface area (Å²) >= 11 is 3.55. The van der Waals surface area contributed by atoms with Gasteiger partial charge in [-0.1, -0.05) is 40.2 Å². The average molecular weight is 305 g/mol. The van der Waals surface area contributed by atoms with Gasteiger partial charge in [0.1, 0.15) is 6.04 Å². The quantitative estimate of drug-likeness (QED) is 0.896. The van der Waals surface area contributed by atoms with E-state index in [1.807, 2.05) is 24.3 Å². The van der Waals surface area contributed by atoms with Crippen LogP contribution in [0, 0.1) is 0 Å². The van der Waals surface area contributed by atoms with Gasteiger partial charge in [-0.2, -0.15) is 0 Å². The Bertz CT molecular complexity index is 612. The van der Waals surface area contributed by atoms with Crippen molar-refractivity contribution in [3.63, 3.8) is 0 Å². The number of benzene rings is 2. The van der Waals surface area contributed by atoms with Gasteiger partial charge in [-0.3, -0.25) is 4.79 Å². The largest absolute Gasteiger partial charge is 0.373 e. The molecule has 2 aromatic rings. The second-order valence-corrected chi connectivity index (χ2v) is 5.27. The molecule has 1 aliphatic rings. The Labute approximate surface area is 114 Å². The van der Waals surface area contributed by atoms with Gasteiger partial charge >= 0.3 is 0 Å². The van der Waals surface area contributed by atoms with Crippen LogP contribution >= 0.6 is 15.9 Å². The molecule has 1 heterocycles. The van der Waals surface area contributed by atoms with Gasteiger partial charge in [0.25, 0.3) is 0 Å². The van der Waals surface area contributed by atoms with Crippen molar-refractivity contribution < 1.29 is 4.79 Å². The molecule has 0 aliphatic carbocycles. The van der Waals surface area contributed by atoms with Crippen LogP contribution in [0.25, 0.3) is 10.8 Å². The van der Waals surface area contributed by atoms with E-state index in [0.29, 0.717) is 0 Å². The van der Waals surface area contributed by atoms with Crippen molar-refractivity contribution >= 4 is 38.3 Å². The molecule has 0 spiro atoms. The minimum absolute atomic E-state index is 0.0852. The fourth-order valence-electron chi connectivity index (χ4n) is 2.31. The highest BCUT2D eigenvalue weighted by Gasteiger charge is 2.24. The number of hydrogen-bond acceptors (Lipinski definition) is 2. The lowest BCUT2D eigenvalue weighted by Gasteiger charge is -2.14. The number of hydrogen-bond donors (Lipinski definition) is 2. The Kier molecular flexibility index (Phi) is 2.96. The lowest BCUT2D eigenvalue weighted by molar-refractivity contribution is -0.119. The van der Waals surface area contributed by atoms with Gasteiger partial charge in [0, 0.05) is 22.1 Å². The molecule has 18 heavy (non-hydrogen) atoms. The molecule has 1 fully saturated rings. The van der Waals surface area contributed by atoms with Gasteiger partial charge in [0.2, 0.25) is 5.91 Å². The van der Waals surface area contributed by atoms with E-state index >= 15 is 0 Å². The molecule has 0 radical (unpaired) electrons. The predicted octanol–water partition coefficient (Wildman–Crippen LogP) is 2.90. The lowest BCUT2D eigenvalue weighted by atomic mass is 10.1. The van der Waals surface area contributed by atoms with Gasteiger partial charge in [-0.15, -0.1) is 0 Å². The van der Waals surface area contributed by atoms with Crippen molar-refractivity contribution in [3.8, 4) is 0 Å². The van der Waals surface area contributed by atoms with Gasteiger partial charge in [-0.25, -0.2) is 0 Å². The second kappa shape index (κ2) is 4.61. The van der Waals surface area contributed by atoms with Gasteiger partial charge in [0.05, 0.1) is 0 Å². The standard InChI is InChI=1S/C14H13BrN2O/c15-11-5-6-12(10-4-2-1-3-9(10)11)17-13-7-8-16-14(13)18/h1-6,13,17H,7-8H2,(H,16,18)/t13-/m1/s1. The van der Waals surface area contributed by atoms with E-state index in [1.165, 1.54) is 0 Å². The molecule has 2 N–H and O–H groups in total. The molecule has 1 atom stereocenters. The number of amides is 1. The topological polar surface area (TPSA) is 41.1 Å². The van der Waals surface area contributed by atoms with Crippen molar-refractivity contribution in [2.24, 2.45) is 0 Å². The van der Waals surface area contributed by atoms with Crippen LogP contribution in [-0.2, 0) is 4.79 Å². The first-order valence-corrected chi connectivity index (χ1v) is 6.76. The van der Waals surface area contributed by atoms with E-state index in [-0.39, 0.29) is 11.9 Å². The molecule has 3 nitrogen and oxygen atoms in total. The Morgan fingerprint density at radius 2 is 1.94 bits per heavy atom. The summed E-state index contributed by atoms with van der Waals surface area (Å²) in [6, 6.07) is 12.1. The molecule has 1 saturated heterocycles. The summed E-state index contributed by atoms with van der Waals surface area (Å²) in [6.45, 7) is 0.755. The van der Waals surface area contributed by atoms with E-state index in [1.54, 1.807) is 0 Å². The summed E-state index contributed by atoms with van der Waals surface area (Å²) < 4.78 is 1.07. The molecule has 4 heteroatoms. The third kappa shape index (κ3) is 1.97. The zero-order chi connectivity index (χ0) is 12.5. The Balaban J connectivity index is 2.02. The molecule has 0 bridgehead atoms. The summed E-state index contributed by atoms with van der Waals surface area (Å²) in [4.78, 5) is 11.6. The number of anilines is 1. The van der Waals surface area contributed by atoms with Crippen LogP contribution in [0.15, 0.2) is 40.9 Å². The first-order valence-electron chi connectivity index (χ1n) is 5.97. The van der Waals surface area contributed by atoms with Crippen LogP contribution in [0.3, 0.4) is 0 Å². The van der Waals surface area contributed by atoms with Crippen LogP contribution in [-0.4, -0.2) is 18.5 Å². The van der Waals surface area contributed by atoms with Crippen molar-refractivity contribution in [2.75, 3.05) is 11.9 Å². The molecular weight excluding hydrogens is 292 g/mol. The first kappa shape index (κ1) is 11.5. The molecule has 0 saturated carbocycles. The third-order valence-corrected chi connectivity index (χ3v) is 3.94. The molecule has 3 rings (SSSR count). The number of nitrogens with one attached hydrogen (secondary N) is 2. The van der Waals surface area contributed by atoms with E-state index in [9.17, 15) is 4.79 Å². The maximum Gasteiger partial charge on any atom is 0.242 e. The third-order valence-electron chi connectivity index (χ3n) is 3.25. The zero-order valence-corrected chi connectivity index (χ0v) is 11.3. The first-order chi connectivity index (χ1) is 8.75. The van der Waals surface area contributed by atoms with E-state index < -0.39 is 0 Å². The second-order valence-electron chi connectivity index (χ2n) is 4.42. The van der Waals surface area contributed by atoms with Gasteiger partial charge in [0.15, 0.2) is 0 Å². The maximum atomic E-state index is 11.6. The van der Waals surface area contributed by atoms with Crippen LogP contribution in [0.4, 0.5) is 5.69 Å². The van der Waals surface area contributed by atoms with Crippen molar-refractivity contribution in [1.82, 2.24) is 5.32 Å². The summed E-state index contributed by atoms with van der Waals surface area (Å²) in [5.41, 5.74) is 1.01. The number of fused-ring (bicyclic) bond motifs is 1. The molecule has 2 aromatic carbocycles. The summed E-state index contributed by atoms with van der Waals surface area (Å²) in [5, 5.41) is 8.45. The van der Waals surface area contributed by atoms with Crippen LogP contribution < -0.4 is 10.6 Å². The Morgan fingerprint density at radius 1 is 1.17 bits per heavy atom. The molecule has 1 aliphatic heterocycles. The molecule has 0 unspecified atom stereocenters. The van der Waals surface area contributed by atoms with Crippen LogP contribution in [0.1, 0.15) is 6.42 Å². The molecule has 92 valence electrons. The smallest absolute Gasteiger partial charge is 0.242 e. The predicted molar refractivity (Wildman–Crippen MR) is 76.7 cm³/mol. The summed E-state index contributed by atoms with van der Waals surface area (Å²) in [6.07, 6.45) is 0.837. The molecule has 1 amide bonds. The average Bonchev–Trinajstić information content (AvgIpc) is 2.79. The minimum atomic E-state index is -0.116. The zero-order valence-electron chi connectivity index (χ0n) is 9.74. The monoisotopic (exact) mass is 304 g/mol. The summed E-state index contributed by atoms with van der Waals surface area (Å²) in [7, 11) is 0. The number of carbonyl (C=O) groups excluding carboxylic acids is 1. The van der Waals surface area contributed by atoms with Crippen LogP contribution in [0.5, 0.6) is 0 Å². The fourth-order valence-corrected chi connectivity index (χ4v) is 2.79.